The van der Waals surface area contributed by atoms with E-state index in [0.29, 0.717) is 5.82 Å². The summed E-state index contributed by atoms with van der Waals surface area (Å²) in [5.74, 6) is 1.98. The van der Waals surface area contributed by atoms with Crippen LogP contribution < -0.4 is 16.0 Å². The summed E-state index contributed by atoms with van der Waals surface area (Å²) in [4.78, 5) is 20.0. The number of hydrogen-bond acceptors (Lipinski definition) is 8. The lowest BCUT2D eigenvalue weighted by Gasteiger charge is -2.37. The van der Waals surface area contributed by atoms with Gasteiger partial charge in [-0.2, -0.15) is 0 Å². The highest BCUT2D eigenvalue weighted by molar-refractivity contribution is 5.47. The minimum absolute atomic E-state index is 0.0989. The molecule has 0 aromatic carbocycles. The van der Waals surface area contributed by atoms with E-state index in [1.165, 1.54) is 6.33 Å². The zero-order valence-corrected chi connectivity index (χ0v) is 15.3. The molecular weight excluding hydrogens is 330 g/mol. The number of hydrogen-bond donors (Lipinski definition) is 2. The predicted molar refractivity (Wildman–Crippen MR) is 100.0 cm³/mol. The molecule has 0 spiro atoms. The average Bonchev–Trinajstić information content (AvgIpc) is 2.61. The molecule has 3 N–H and O–H groups in total. The fourth-order valence-corrected chi connectivity index (χ4v) is 3.71. The summed E-state index contributed by atoms with van der Waals surface area (Å²) < 4.78 is 5.43. The molecule has 2 aromatic heterocycles. The van der Waals surface area contributed by atoms with Gasteiger partial charge in [0.2, 0.25) is 5.95 Å². The lowest BCUT2D eigenvalue weighted by molar-refractivity contribution is 0.122. The van der Waals surface area contributed by atoms with Crippen molar-refractivity contribution in [2.24, 2.45) is 5.41 Å². The molecule has 8 heteroatoms. The van der Waals surface area contributed by atoms with Gasteiger partial charge in [-0.25, -0.2) is 19.9 Å². The van der Waals surface area contributed by atoms with Crippen molar-refractivity contribution < 1.29 is 4.74 Å². The largest absolute Gasteiger partial charge is 0.384 e. The maximum atomic E-state index is 5.78. The second kappa shape index (κ2) is 6.68. The van der Waals surface area contributed by atoms with Crippen molar-refractivity contribution in [2.75, 3.05) is 42.3 Å². The molecule has 0 saturated carbocycles. The minimum Gasteiger partial charge on any atom is -0.384 e. The van der Waals surface area contributed by atoms with Crippen LogP contribution in [0.2, 0.25) is 0 Å². The normalized spacial score (nSPS) is 21.9. The predicted octanol–water partition coefficient (Wildman–Crippen LogP) is 1.81. The third kappa shape index (κ3) is 3.55. The number of nitrogen functional groups attached to an aromatic ring is 1. The molecule has 2 aliphatic rings. The zero-order chi connectivity index (χ0) is 18.1. The summed E-state index contributed by atoms with van der Waals surface area (Å²) in [6.07, 6.45) is 5.35. The quantitative estimate of drug-likeness (QED) is 0.859. The molecule has 1 aliphatic carbocycles. The molecule has 0 bridgehead atoms. The minimum atomic E-state index is 0.0989. The van der Waals surface area contributed by atoms with E-state index < -0.39 is 0 Å². The number of morpholine rings is 1. The van der Waals surface area contributed by atoms with Gasteiger partial charge in [0.15, 0.2) is 0 Å². The van der Waals surface area contributed by atoms with E-state index in [-0.39, 0.29) is 11.5 Å². The Hall–Kier alpha value is -2.48. The van der Waals surface area contributed by atoms with Crippen LogP contribution >= 0.6 is 0 Å². The SMILES string of the molecule is CC1(C)Cc2nc(N3CCOCC3)ncc2C(Nc2cc(N)ncn2)C1. The molecule has 1 unspecified atom stereocenters. The molecule has 0 amide bonds. The van der Waals surface area contributed by atoms with Crippen LogP contribution in [0.1, 0.15) is 37.6 Å². The van der Waals surface area contributed by atoms with Crippen LogP contribution in [0.5, 0.6) is 0 Å². The maximum Gasteiger partial charge on any atom is 0.225 e. The number of aromatic nitrogens is 4. The summed E-state index contributed by atoms with van der Waals surface area (Å²) in [6.45, 7) is 7.68. The molecule has 4 rings (SSSR count). The number of anilines is 3. The van der Waals surface area contributed by atoms with Crippen LogP contribution in [0.15, 0.2) is 18.6 Å². The molecule has 8 nitrogen and oxygen atoms in total. The standard InChI is InChI=1S/C18H25N7O/c1-18(2)8-13(23-16-7-15(19)21-11-22-16)12-10-20-17(24-14(12)9-18)25-3-5-26-6-4-25/h7,10-11,13H,3-6,8-9H2,1-2H3,(H3,19,21,22,23). The Kier molecular flexibility index (Phi) is 4.36. The molecule has 2 aromatic rings. The first-order valence-corrected chi connectivity index (χ1v) is 9.03. The van der Waals surface area contributed by atoms with E-state index in [1.54, 1.807) is 6.07 Å². The van der Waals surface area contributed by atoms with Crippen LogP contribution in [-0.4, -0.2) is 46.2 Å². The first kappa shape index (κ1) is 17.0. The molecule has 1 aliphatic heterocycles. The van der Waals surface area contributed by atoms with Gasteiger partial charge in [-0.15, -0.1) is 0 Å². The Morgan fingerprint density at radius 3 is 2.81 bits per heavy atom. The van der Waals surface area contributed by atoms with Crippen LogP contribution in [0.25, 0.3) is 0 Å². The Balaban J connectivity index is 1.63. The van der Waals surface area contributed by atoms with Gasteiger partial charge in [-0.3, -0.25) is 0 Å². The highest BCUT2D eigenvalue weighted by atomic mass is 16.5. The number of fused-ring (bicyclic) bond motifs is 1. The van der Waals surface area contributed by atoms with Crippen molar-refractivity contribution in [3.8, 4) is 0 Å². The van der Waals surface area contributed by atoms with Gasteiger partial charge < -0.3 is 20.7 Å². The molecular formula is C18H25N7O. The summed E-state index contributed by atoms with van der Waals surface area (Å²) >= 11 is 0. The molecule has 1 saturated heterocycles. The third-order valence-electron chi connectivity index (χ3n) is 4.97. The van der Waals surface area contributed by atoms with Crippen LogP contribution in [-0.2, 0) is 11.2 Å². The van der Waals surface area contributed by atoms with Gasteiger partial charge in [0.05, 0.1) is 24.9 Å². The monoisotopic (exact) mass is 355 g/mol. The van der Waals surface area contributed by atoms with Gasteiger partial charge in [0.25, 0.3) is 0 Å². The summed E-state index contributed by atoms with van der Waals surface area (Å²) in [5, 5.41) is 3.49. The molecule has 1 fully saturated rings. The number of nitrogens with one attached hydrogen (secondary N) is 1. The fourth-order valence-electron chi connectivity index (χ4n) is 3.71. The second-order valence-electron chi connectivity index (χ2n) is 7.74. The molecule has 1 atom stereocenters. The van der Waals surface area contributed by atoms with E-state index in [4.69, 9.17) is 15.5 Å². The summed E-state index contributed by atoms with van der Waals surface area (Å²) in [7, 11) is 0. The molecule has 0 radical (unpaired) electrons. The molecule has 138 valence electrons. The van der Waals surface area contributed by atoms with Crippen LogP contribution in [0.4, 0.5) is 17.6 Å². The van der Waals surface area contributed by atoms with Crippen LogP contribution in [0.3, 0.4) is 0 Å². The number of nitrogens with zero attached hydrogens (tertiary/aromatic N) is 5. The Labute approximate surface area is 153 Å². The lowest BCUT2D eigenvalue weighted by atomic mass is 9.74. The first-order chi connectivity index (χ1) is 12.5. The first-order valence-electron chi connectivity index (χ1n) is 9.03. The van der Waals surface area contributed by atoms with E-state index >= 15 is 0 Å². The van der Waals surface area contributed by atoms with Crippen molar-refractivity contribution in [3.05, 3.63) is 29.8 Å². The van der Waals surface area contributed by atoms with E-state index in [9.17, 15) is 0 Å². The Bertz CT molecular complexity index is 789. The van der Waals surface area contributed by atoms with Crippen molar-refractivity contribution >= 4 is 17.6 Å². The van der Waals surface area contributed by atoms with Crippen molar-refractivity contribution in [3.63, 3.8) is 0 Å². The summed E-state index contributed by atoms with van der Waals surface area (Å²) in [5.41, 5.74) is 8.17. The number of nitrogens with two attached hydrogens (primary N) is 1. The van der Waals surface area contributed by atoms with Crippen molar-refractivity contribution in [1.82, 2.24) is 19.9 Å². The maximum absolute atomic E-state index is 5.78. The fraction of sp³-hybridized carbons (Fsp3) is 0.556. The zero-order valence-electron chi connectivity index (χ0n) is 15.3. The van der Waals surface area contributed by atoms with Crippen molar-refractivity contribution in [2.45, 2.75) is 32.7 Å². The van der Waals surface area contributed by atoms with Gasteiger partial charge >= 0.3 is 0 Å². The van der Waals surface area contributed by atoms with Gasteiger partial charge in [-0.05, 0) is 18.3 Å². The van der Waals surface area contributed by atoms with Gasteiger partial charge in [0, 0.05) is 30.9 Å². The Morgan fingerprint density at radius 1 is 1.23 bits per heavy atom. The van der Waals surface area contributed by atoms with Gasteiger partial charge in [0.1, 0.15) is 18.0 Å². The lowest BCUT2D eigenvalue weighted by Crippen LogP contribution is -2.38. The summed E-state index contributed by atoms with van der Waals surface area (Å²) in [6, 6.07) is 1.85. The van der Waals surface area contributed by atoms with E-state index in [1.807, 2.05) is 6.20 Å². The van der Waals surface area contributed by atoms with Crippen LogP contribution in [0, 0.1) is 5.41 Å². The topological polar surface area (TPSA) is 102 Å². The number of ether oxygens (including phenoxy) is 1. The smallest absolute Gasteiger partial charge is 0.225 e. The third-order valence-corrected chi connectivity index (χ3v) is 4.97. The van der Waals surface area contributed by atoms with Crippen molar-refractivity contribution in [1.29, 1.82) is 0 Å². The average molecular weight is 355 g/mol. The molecule has 3 heterocycles. The second-order valence-corrected chi connectivity index (χ2v) is 7.74. The number of rotatable bonds is 3. The van der Waals surface area contributed by atoms with Gasteiger partial charge in [-0.1, -0.05) is 13.8 Å². The molecule has 26 heavy (non-hydrogen) atoms. The van der Waals surface area contributed by atoms with E-state index in [0.717, 1.165) is 62.2 Å². The highest BCUT2D eigenvalue weighted by Crippen LogP contribution is 2.41. The highest BCUT2D eigenvalue weighted by Gasteiger charge is 2.34. The Morgan fingerprint density at radius 2 is 2.04 bits per heavy atom. The van der Waals surface area contributed by atoms with E-state index in [2.05, 4.69) is 39.0 Å².